The number of rotatable bonds is 4. The average molecular weight is 409 g/mol. The Bertz CT molecular complexity index is 1070. The number of hydrogen-bond acceptors (Lipinski definition) is 7. The molecule has 1 spiro atoms. The lowest BCUT2D eigenvalue weighted by molar-refractivity contribution is -0.0309. The normalized spacial score (nSPS) is 31.2. The quantitative estimate of drug-likeness (QED) is 0.601. The molecule has 0 radical (unpaired) electrons. The first kappa shape index (κ1) is 19.4. The zero-order valence-electron chi connectivity index (χ0n) is 17.0. The van der Waals surface area contributed by atoms with Gasteiger partial charge in [0.1, 0.15) is 23.9 Å². The molecule has 4 N–H and O–H groups in total. The molecule has 4 heterocycles. The van der Waals surface area contributed by atoms with Crippen LogP contribution in [0.15, 0.2) is 36.8 Å². The van der Waals surface area contributed by atoms with E-state index in [0.29, 0.717) is 18.8 Å². The minimum atomic E-state index is -0.867. The average Bonchev–Trinajstić information content (AvgIpc) is 3.41. The van der Waals surface area contributed by atoms with Crippen LogP contribution in [0.3, 0.4) is 0 Å². The van der Waals surface area contributed by atoms with Crippen LogP contribution in [0.5, 0.6) is 0 Å². The van der Waals surface area contributed by atoms with Crippen LogP contribution in [0.4, 0.5) is 5.82 Å². The van der Waals surface area contributed by atoms with Crippen molar-refractivity contribution in [3.8, 4) is 0 Å². The number of anilines is 1. The third kappa shape index (κ3) is 3.15. The van der Waals surface area contributed by atoms with Gasteiger partial charge in [0.2, 0.25) is 0 Å². The van der Waals surface area contributed by atoms with E-state index in [-0.39, 0.29) is 12.1 Å². The molecule has 3 aromatic heterocycles. The molecule has 0 aromatic carbocycles. The third-order valence-corrected chi connectivity index (χ3v) is 6.82. The van der Waals surface area contributed by atoms with Crippen molar-refractivity contribution in [1.82, 2.24) is 19.5 Å². The minimum absolute atomic E-state index is 0.0276. The number of aliphatic hydroxyl groups excluding tert-OH is 2. The fourth-order valence-corrected chi connectivity index (χ4v) is 5.19. The summed E-state index contributed by atoms with van der Waals surface area (Å²) in [5.41, 5.74) is 7.96. The first-order valence-electron chi connectivity index (χ1n) is 10.4. The van der Waals surface area contributed by atoms with Crippen LogP contribution in [0, 0.1) is 12.3 Å². The minimum Gasteiger partial charge on any atom is -0.390 e. The second-order valence-corrected chi connectivity index (χ2v) is 8.72. The molecule has 0 amide bonds. The Labute approximate surface area is 174 Å². The van der Waals surface area contributed by atoms with E-state index in [2.05, 4.69) is 15.0 Å². The molecular formula is C22H27N5O3. The van der Waals surface area contributed by atoms with Crippen LogP contribution >= 0.6 is 0 Å². The Morgan fingerprint density at radius 2 is 2.10 bits per heavy atom. The lowest BCUT2D eigenvalue weighted by Crippen LogP contribution is -2.37. The molecule has 1 saturated heterocycles. The van der Waals surface area contributed by atoms with Crippen molar-refractivity contribution in [3.63, 3.8) is 0 Å². The van der Waals surface area contributed by atoms with Crippen LogP contribution in [-0.2, 0) is 11.2 Å². The van der Waals surface area contributed by atoms with E-state index in [9.17, 15) is 10.2 Å². The molecule has 8 heteroatoms. The highest BCUT2D eigenvalue weighted by atomic mass is 16.5. The maximum atomic E-state index is 11.0. The largest absolute Gasteiger partial charge is 0.390 e. The smallest absolute Gasteiger partial charge is 0.143 e. The number of aryl methyl sites for hydroxylation is 2. The molecular weight excluding hydrogens is 382 g/mol. The summed E-state index contributed by atoms with van der Waals surface area (Å²) in [6.07, 6.45) is 4.75. The highest BCUT2D eigenvalue weighted by Crippen LogP contribution is 2.52. The van der Waals surface area contributed by atoms with Gasteiger partial charge >= 0.3 is 0 Å². The van der Waals surface area contributed by atoms with Gasteiger partial charge in [0.05, 0.1) is 30.6 Å². The van der Waals surface area contributed by atoms with Gasteiger partial charge in [0.25, 0.3) is 0 Å². The molecule has 30 heavy (non-hydrogen) atoms. The lowest BCUT2D eigenvalue weighted by atomic mass is 9.80. The Hall–Kier alpha value is -2.55. The van der Waals surface area contributed by atoms with Crippen LogP contribution in [0.2, 0.25) is 0 Å². The lowest BCUT2D eigenvalue weighted by Gasteiger charge is -2.26. The monoisotopic (exact) mass is 409 g/mol. The number of nitrogens with two attached hydrogens (primary N) is 1. The van der Waals surface area contributed by atoms with E-state index in [4.69, 9.17) is 10.5 Å². The summed E-state index contributed by atoms with van der Waals surface area (Å²) in [5, 5.41) is 22.9. The van der Waals surface area contributed by atoms with Crippen molar-refractivity contribution < 1.29 is 14.9 Å². The van der Waals surface area contributed by atoms with Crippen molar-refractivity contribution in [3.05, 3.63) is 48.2 Å². The molecule has 0 bridgehead atoms. The second kappa shape index (κ2) is 7.30. The number of hydrogen-bond donors (Lipinski definition) is 3. The first-order chi connectivity index (χ1) is 14.5. The van der Waals surface area contributed by atoms with Gasteiger partial charge in [-0.05, 0) is 50.8 Å². The Morgan fingerprint density at radius 3 is 2.93 bits per heavy atom. The van der Waals surface area contributed by atoms with Crippen molar-refractivity contribution in [2.24, 2.45) is 5.41 Å². The first-order valence-corrected chi connectivity index (χ1v) is 10.4. The molecule has 5 rings (SSSR count). The summed E-state index contributed by atoms with van der Waals surface area (Å²) in [4.78, 5) is 13.0. The summed E-state index contributed by atoms with van der Waals surface area (Å²) in [6, 6.07) is 7.37. The van der Waals surface area contributed by atoms with E-state index in [0.717, 1.165) is 41.7 Å². The number of ether oxygens (including phenoxy) is 1. The summed E-state index contributed by atoms with van der Waals surface area (Å²) >= 11 is 0. The maximum absolute atomic E-state index is 11.0. The topological polar surface area (TPSA) is 119 Å². The Morgan fingerprint density at radius 1 is 1.23 bits per heavy atom. The molecule has 5 unspecified atom stereocenters. The van der Waals surface area contributed by atoms with Crippen molar-refractivity contribution >= 4 is 16.9 Å². The number of nitrogen functional groups attached to an aromatic ring is 1. The van der Waals surface area contributed by atoms with Gasteiger partial charge in [0.15, 0.2) is 0 Å². The summed E-state index contributed by atoms with van der Waals surface area (Å²) in [5.74, 6) is 0.520. The highest BCUT2D eigenvalue weighted by Gasteiger charge is 2.57. The molecule has 2 fully saturated rings. The standard InChI is InChI=1S/C22H27N5O3/c1-13-16-7-8-27(21(16)25-12-24-13)17-10-22(20(29)19(17)28)9-15(30-11-22)6-5-14-3-2-4-18(23)26-14/h2-4,7-8,12,15,17,19-20,28-29H,5-6,9-11H2,1H3,(H2,23,26). The van der Waals surface area contributed by atoms with E-state index >= 15 is 0 Å². The van der Waals surface area contributed by atoms with Gasteiger partial charge in [-0.3, -0.25) is 0 Å². The van der Waals surface area contributed by atoms with E-state index < -0.39 is 17.6 Å². The van der Waals surface area contributed by atoms with E-state index in [1.165, 1.54) is 0 Å². The number of pyridine rings is 1. The van der Waals surface area contributed by atoms with Crippen LogP contribution in [-0.4, -0.2) is 54.7 Å². The van der Waals surface area contributed by atoms with Crippen molar-refractivity contribution in [2.45, 2.75) is 57.0 Å². The molecule has 8 nitrogen and oxygen atoms in total. The van der Waals surface area contributed by atoms with Gasteiger partial charge in [-0.2, -0.15) is 0 Å². The summed E-state index contributed by atoms with van der Waals surface area (Å²) < 4.78 is 8.05. The van der Waals surface area contributed by atoms with Crippen LogP contribution in [0.25, 0.3) is 11.0 Å². The number of aromatic nitrogens is 4. The number of aliphatic hydroxyl groups is 2. The Kier molecular flexibility index (Phi) is 4.72. The number of fused-ring (bicyclic) bond motifs is 1. The molecule has 1 aliphatic carbocycles. The predicted molar refractivity (Wildman–Crippen MR) is 112 cm³/mol. The molecule has 3 aromatic rings. The van der Waals surface area contributed by atoms with Crippen molar-refractivity contribution in [1.29, 1.82) is 0 Å². The molecule has 158 valence electrons. The fourth-order valence-electron chi connectivity index (χ4n) is 5.19. The Balaban J connectivity index is 1.32. The van der Waals surface area contributed by atoms with Gasteiger partial charge in [0, 0.05) is 22.7 Å². The maximum Gasteiger partial charge on any atom is 0.143 e. The van der Waals surface area contributed by atoms with Crippen LogP contribution < -0.4 is 5.73 Å². The molecule has 1 aliphatic heterocycles. The van der Waals surface area contributed by atoms with Gasteiger partial charge in [-0.1, -0.05) is 6.07 Å². The van der Waals surface area contributed by atoms with Crippen molar-refractivity contribution in [2.75, 3.05) is 12.3 Å². The summed E-state index contributed by atoms with van der Waals surface area (Å²) in [7, 11) is 0. The molecule has 1 saturated carbocycles. The zero-order chi connectivity index (χ0) is 20.9. The van der Waals surface area contributed by atoms with Gasteiger partial charge in [-0.25, -0.2) is 15.0 Å². The van der Waals surface area contributed by atoms with Gasteiger partial charge < -0.3 is 25.3 Å². The zero-order valence-corrected chi connectivity index (χ0v) is 17.0. The number of nitrogens with zero attached hydrogens (tertiary/aromatic N) is 4. The third-order valence-electron chi connectivity index (χ3n) is 6.82. The van der Waals surface area contributed by atoms with E-state index in [1.807, 2.05) is 35.9 Å². The van der Waals surface area contributed by atoms with Gasteiger partial charge in [-0.15, -0.1) is 0 Å². The summed E-state index contributed by atoms with van der Waals surface area (Å²) in [6.45, 7) is 2.39. The van der Waals surface area contributed by atoms with Crippen LogP contribution in [0.1, 0.15) is 36.7 Å². The molecule has 5 atom stereocenters. The van der Waals surface area contributed by atoms with E-state index in [1.54, 1.807) is 12.4 Å². The SMILES string of the molecule is Cc1ncnc2c1ccn2C1CC2(COC(CCc3cccc(N)n3)C2)C(O)C1O. The second-order valence-electron chi connectivity index (χ2n) is 8.72. The fraction of sp³-hybridized carbons (Fsp3) is 0.500. The highest BCUT2D eigenvalue weighted by molar-refractivity contribution is 5.78. The predicted octanol–water partition coefficient (Wildman–Crippen LogP) is 1.79. The molecule has 2 aliphatic rings.